The number of nitrogens with zero attached hydrogens (tertiary/aromatic N) is 4. The lowest BCUT2D eigenvalue weighted by Gasteiger charge is -2.45. The van der Waals surface area contributed by atoms with Crippen LogP contribution in [0.2, 0.25) is 0 Å². The number of aliphatic imine (C=N–C) groups is 2. The van der Waals surface area contributed by atoms with Crippen LogP contribution in [0.25, 0.3) is 0 Å². The Morgan fingerprint density at radius 1 is 1.00 bits per heavy atom. The van der Waals surface area contributed by atoms with Crippen molar-refractivity contribution in [3.05, 3.63) is 24.3 Å². The summed E-state index contributed by atoms with van der Waals surface area (Å²) in [5.74, 6) is 0.491. The molecular weight excluding hydrogens is 388 g/mol. The van der Waals surface area contributed by atoms with Gasteiger partial charge in [0.2, 0.25) is 21.9 Å². The Labute approximate surface area is 173 Å². The highest BCUT2D eigenvalue weighted by Crippen LogP contribution is 2.39. The molecule has 3 rings (SSSR count). The molecule has 1 spiro atoms. The highest BCUT2D eigenvalue weighted by atomic mass is 32.2. The Bertz CT molecular complexity index is 891. The smallest absolute Gasteiger partial charge is 0.243 e. The second-order valence-electron chi connectivity index (χ2n) is 8.33. The lowest BCUT2D eigenvalue weighted by Crippen LogP contribution is -2.58. The van der Waals surface area contributed by atoms with E-state index in [-0.39, 0.29) is 22.9 Å². The van der Waals surface area contributed by atoms with Crippen molar-refractivity contribution in [1.29, 1.82) is 0 Å². The summed E-state index contributed by atoms with van der Waals surface area (Å²) in [6, 6.07) is 6.56. The van der Waals surface area contributed by atoms with Crippen molar-refractivity contribution < 1.29 is 8.42 Å². The van der Waals surface area contributed by atoms with Crippen molar-refractivity contribution in [3.8, 4) is 0 Å². The van der Waals surface area contributed by atoms with Crippen LogP contribution in [0.5, 0.6) is 0 Å². The van der Waals surface area contributed by atoms with E-state index in [0.717, 1.165) is 37.8 Å². The maximum absolute atomic E-state index is 13.1. The Balaban J connectivity index is 1.98. The van der Waals surface area contributed by atoms with E-state index in [2.05, 4.69) is 9.98 Å². The Morgan fingerprint density at radius 3 is 2.07 bits per heavy atom. The zero-order valence-electron chi connectivity index (χ0n) is 17.7. The molecule has 0 radical (unpaired) electrons. The van der Waals surface area contributed by atoms with Crippen molar-refractivity contribution in [2.45, 2.75) is 82.4 Å². The van der Waals surface area contributed by atoms with Gasteiger partial charge in [-0.15, -0.1) is 0 Å². The number of sulfonamides is 1. The molecule has 0 unspecified atom stereocenters. The minimum absolute atomic E-state index is 0.132. The first-order valence-corrected chi connectivity index (χ1v) is 11.7. The summed E-state index contributed by atoms with van der Waals surface area (Å²) in [6.45, 7) is 7.52. The minimum Gasteiger partial charge on any atom is -0.369 e. The van der Waals surface area contributed by atoms with E-state index in [1.54, 1.807) is 24.3 Å². The largest absolute Gasteiger partial charge is 0.369 e. The van der Waals surface area contributed by atoms with E-state index in [1.807, 2.05) is 32.6 Å². The van der Waals surface area contributed by atoms with Gasteiger partial charge in [-0.2, -0.15) is 9.30 Å². The first-order chi connectivity index (χ1) is 13.6. The van der Waals surface area contributed by atoms with Crippen LogP contribution in [0.1, 0.15) is 59.8 Å². The average molecular weight is 421 g/mol. The van der Waals surface area contributed by atoms with Crippen LogP contribution in [0.3, 0.4) is 0 Å². The van der Waals surface area contributed by atoms with Crippen LogP contribution in [0, 0.1) is 0 Å². The molecule has 0 atom stereocenters. The number of guanidine groups is 2. The fourth-order valence-electron chi connectivity index (χ4n) is 4.54. The van der Waals surface area contributed by atoms with E-state index < -0.39 is 15.7 Å². The molecule has 1 aromatic carbocycles. The Morgan fingerprint density at radius 2 is 1.55 bits per heavy atom. The highest BCUT2D eigenvalue weighted by molar-refractivity contribution is 7.89. The normalized spacial score (nSPS) is 19.8. The molecule has 29 heavy (non-hydrogen) atoms. The molecule has 160 valence electrons. The molecule has 1 aliphatic carbocycles. The zero-order chi connectivity index (χ0) is 21.4. The molecule has 0 saturated heterocycles. The molecule has 9 heteroatoms. The van der Waals surface area contributed by atoms with Gasteiger partial charge in [-0.05, 0) is 77.6 Å². The topological polar surface area (TPSA) is 117 Å². The first-order valence-electron chi connectivity index (χ1n) is 10.2. The predicted octanol–water partition coefficient (Wildman–Crippen LogP) is 2.60. The highest BCUT2D eigenvalue weighted by Gasteiger charge is 2.42. The summed E-state index contributed by atoms with van der Waals surface area (Å²) in [4.78, 5) is 11.0. The number of hydrogen-bond donors (Lipinski definition) is 2. The molecule has 1 aliphatic heterocycles. The lowest BCUT2D eigenvalue weighted by molar-refractivity contribution is 0.302. The predicted molar refractivity (Wildman–Crippen MR) is 117 cm³/mol. The minimum atomic E-state index is -3.60. The number of anilines is 1. The summed E-state index contributed by atoms with van der Waals surface area (Å²) in [5.41, 5.74) is 12.4. The second-order valence-corrected chi connectivity index (χ2v) is 10.2. The van der Waals surface area contributed by atoms with E-state index in [9.17, 15) is 8.42 Å². The summed E-state index contributed by atoms with van der Waals surface area (Å²) in [6.07, 6.45) is 4.88. The average Bonchev–Trinajstić information content (AvgIpc) is 2.61. The van der Waals surface area contributed by atoms with Gasteiger partial charge < -0.3 is 11.5 Å². The van der Waals surface area contributed by atoms with Crippen LogP contribution in [-0.2, 0) is 10.0 Å². The third-order valence-electron chi connectivity index (χ3n) is 5.54. The van der Waals surface area contributed by atoms with Crippen molar-refractivity contribution in [2.75, 3.05) is 4.90 Å². The van der Waals surface area contributed by atoms with Gasteiger partial charge in [0, 0.05) is 17.8 Å². The molecule has 1 aromatic rings. The zero-order valence-corrected chi connectivity index (χ0v) is 18.5. The molecule has 4 N–H and O–H groups in total. The number of nitrogens with two attached hydrogens (primary N) is 2. The third kappa shape index (κ3) is 3.98. The number of hydrogen-bond acceptors (Lipinski definition) is 7. The van der Waals surface area contributed by atoms with Crippen molar-refractivity contribution in [2.24, 2.45) is 21.5 Å². The SMILES string of the molecule is CC(C)N(C(C)C)S(=O)(=O)c1ccc(N2C(N)=NC(N)=NC23CCCCC3)cc1. The van der Waals surface area contributed by atoms with Crippen LogP contribution in [0.15, 0.2) is 39.1 Å². The monoisotopic (exact) mass is 420 g/mol. The quantitative estimate of drug-likeness (QED) is 0.759. The van der Waals surface area contributed by atoms with E-state index in [0.29, 0.717) is 5.96 Å². The first kappa shape index (κ1) is 21.6. The van der Waals surface area contributed by atoms with Crippen LogP contribution in [-0.4, -0.2) is 42.4 Å². The standard InChI is InChI=1S/C20H32N6O2S/c1-14(2)26(15(3)4)29(27,28)17-10-8-16(9-11-17)25-19(22)23-18(21)24-20(25)12-6-5-7-13-20/h8-11,14-15H,5-7,12-13H2,1-4H3,(H4,21,22,23,24). The van der Waals surface area contributed by atoms with Gasteiger partial charge in [0.15, 0.2) is 0 Å². The summed E-state index contributed by atoms with van der Waals surface area (Å²) in [5, 5.41) is 0. The van der Waals surface area contributed by atoms with Crippen molar-refractivity contribution in [1.82, 2.24) is 4.31 Å². The Hall–Kier alpha value is -2.13. The molecule has 0 amide bonds. The third-order valence-corrected chi connectivity index (χ3v) is 7.81. The fourth-order valence-corrected chi connectivity index (χ4v) is 6.37. The molecule has 1 heterocycles. The Kier molecular flexibility index (Phi) is 5.91. The van der Waals surface area contributed by atoms with Crippen molar-refractivity contribution in [3.63, 3.8) is 0 Å². The van der Waals surface area contributed by atoms with E-state index >= 15 is 0 Å². The summed E-state index contributed by atoms with van der Waals surface area (Å²) < 4.78 is 27.8. The van der Waals surface area contributed by atoms with Gasteiger partial charge in [-0.25, -0.2) is 13.4 Å². The van der Waals surface area contributed by atoms with Crippen LogP contribution in [0.4, 0.5) is 5.69 Å². The van der Waals surface area contributed by atoms with Crippen molar-refractivity contribution >= 4 is 27.6 Å². The summed E-state index contributed by atoms with van der Waals surface area (Å²) >= 11 is 0. The van der Waals surface area contributed by atoms with Gasteiger partial charge >= 0.3 is 0 Å². The van der Waals surface area contributed by atoms with Crippen LogP contribution >= 0.6 is 0 Å². The molecule has 1 fully saturated rings. The van der Waals surface area contributed by atoms with E-state index in [4.69, 9.17) is 11.5 Å². The maximum Gasteiger partial charge on any atom is 0.243 e. The summed E-state index contributed by atoms with van der Waals surface area (Å²) in [7, 11) is -3.60. The molecule has 1 saturated carbocycles. The van der Waals surface area contributed by atoms with Gasteiger partial charge in [-0.1, -0.05) is 6.42 Å². The van der Waals surface area contributed by atoms with Gasteiger partial charge in [0.05, 0.1) is 4.90 Å². The van der Waals surface area contributed by atoms with Gasteiger partial charge in [0.25, 0.3) is 0 Å². The van der Waals surface area contributed by atoms with E-state index in [1.165, 1.54) is 4.31 Å². The molecule has 2 aliphatic rings. The fraction of sp³-hybridized carbons (Fsp3) is 0.600. The van der Waals surface area contributed by atoms with Crippen LogP contribution < -0.4 is 16.4 Å². The molecule has 0 bridgehead atoms. The second kappa shape index (κ2) is 7.95. The molecule has 0 aromatic heterocycles. The van der Waals surface area contributed by atoms with Gasteiger partial charge in [0.1, 0.15) is 5.66 Å². The van der Waals surface area contributed by atoms with Gasteiger partial charge in [-0.3, -0.25) is 4.90 Å². The number of rotatable bonds is 5. The lowest BCUT2D eigenvalue weighted by atomic mass is 9.87. The molecule has 8 nitrogen and oxygen atoms in total. The molecular formula is C20H32N6O2S. The number of benzene rings is 1. The maximum atomic E-state index is 13.1.